The van der Waals surface area contributed by atoms with E-state index in [4.69, 9.17) is 16.7 Å². The molecular weight excluding hydrogens is 228 g/mol. The number of hydrogen-bond acceptors (Lipinski definition) is 2. The Kier molecular flexibility index (Phi) is 2.59. The average Bonchev–Trinajstić information content (AvgIpc) is 2.56. The van der Waals surface area contributed by atoms with Gasteiger partial charge in [-0.25, -0.2) is 9.78 Å². The zero-order chi connectivity index (χ0) is 11.9. The lowest BCUT2D eigenvalue weighted by Gasteiger charge is -2.03. The number of nitrogens with zero attached hydrogens (tertiary/aromatic N) is 2. The van der Waals surface area contributed by atoms with Crippen LogP contribution >= 0.6 is 11.6 Å². The summed E-state index contributed by atoms with van der Waals surface area (Å²) in [7, 11) is 0. The molecule has 2 aromatic heterocycles. The molecule has 0 fully saturated rings. The molecule has 2 rings (SSSR count). The van der Waals surface area contributed by atoms with Gasteiger partial charge in [0.15, 0.2) is 5.69 Å². The van der Waals surface area contributed by atoms with Crippen LogP contribution in [0, 0.1) is 0 Å². The summed E-state index contributed by atoms with van der Waals surface area (Å²) in [4.78, 5) is 15.2. The number of hydrogen-bond donors (Lipinski definition) is 1. The summed E-state index contributed by atoms with van der Waals surface area (Å²) in [6.45, 7) is 3.92. The third-order valence-corrected chi connectivity index (χ3v) is 2.57. The van der Waals surface area contributed by atoms with Crippen LogP contribution in [-0.2, 0) is 0 Å². The van der Waals surface area contributed by atoms with Crippen molar-refractivity contribution in [3.8, 4) is 0 Å². The van der Waals surface area contributed by atoms with Gasteiger partial charge in [0.05, 0.1) is 10.5 Å². The molecule has 1 N–H and O–H groups in total. The smallest absolute Gasteiger partial charge is 0.356 e. The molecule has 0 spiro atoms. The monoisotopic (exact) mass is 238 g/mol. The second-order valence-corrected chi connectivity index (χ2v) is 4.32. The first kappa shape index (κ1) is 11.0. The van der Waals surface area contributed by atoms with Gasteiger partial charge in [0.25, 0.3) is 0 Å². The second-order valence-electron chi connectivity index (χ2n) is 3.88. The Morgan fingerprint density at radius 1 is 1.50 bits per heavy atom. The Labute approximate surface area is 97.5 Å². The van der Waals surface area contributed by atoms with Gasteiger partial charge in [-0.05, 0) is 12.1 Å². The number of aromatic carboxylic acids is 1. The molecule has 5 heteroatoms. The van der Waals surface area contributed by atoms with E-state index in [0.29, 0.717) is 16.4 Å². The molecule has 0 saturated heterocycles. The van der Waals surface area contributed by atoms with E-state index >= 15 is 0 Å². The fourth-order valence-electron chi connectivity index (χ4n) is 1.65. The van der Waals surface area contributed by atoms with Gasteiger partial charge in [-0.15, -0.1) is 0 Å². The number of fused-ring (bicyclic) bond motifs is 1. The highest BCUT2D eigenvalue weighted by Crippen LogP contribution is 2.21. The molecule has 0 saturated carbocycles. The average molecular weight is 239 g/mol. The van der Waals surface area contributed by atoms with Crippen molar-refractivity contribution in [2.75, 3.05) is 0 Å². The van der Waals surface area contributed by atoms with Crippen LogP contribution in [0.5, 0.6) is 0 Å². The fourth-order valence-corrected chi connectivity index (χ4v) is 1.81. The normalized spacial score (nSPS) is 11.2. The first-order valence-electron chi connectivity index (χ1n) is 4.91. The van der Waals surface area contributed by atoms with E-state index < -0.39 is 5.97 Å². The van der Waals surface area contributed by atoms with Gasteiger partial charge in [0.2, 0.25) is 0 Å². The van der Waals surface area contributed by atoms with Crippen LogP contribution in [0.2, 0.25) is 5.02 Å². The molecular formula is C11H11ClN2O2. The summed E-state index contributed by atoms with van der Waals surface area (Å²) in [6, 6.07) is 3.33. The number of carboxylic acid groups (broad SMARTS) is 1. The molecule has 4 nitrogen and oxygen atoms in total. The molecule has 0 unspecified atom stereocenters. The van der Waals surface area contributed by atoms with Crippen LogP contribution in [-0.4, -0.2) is 20.5 Å². The molecule has 0 aliphatic rings. The first-order chi connectivity index (χ1) is 7.50. The van der Waals surface area contributed by atoms with Gasteiger partial charge in [-0.1, -0.05) is 25.4 Å². The SMILES string of the molecule is CC(C)c1nc(C(=O)O)c2ccc(Cl)cn12. The summed E-state index contributed by atoms with van der Waals surface area (Å²) in [5.74, 6) is -0.180. The number of rotatable bonds is 2. The van der Waals surface area contributed by atoms with Crippen LogP contribution in [0.1, 0.15) is 36.1 Å². The Morgan fingerprint density at radius 3 is 2.75 bits per heavy atom. The fraction of sp³-hybridized carbons (Fsp3) is 0.273. The van der Waals surface area contributed by atoms with Gasteiger partial charge >= 0.3 is 5.97 Å². The van der Waals surface area contributed by atoms with Gasteiger partial charge in [0, 0.05) is 12.1 Å². The Bertz CT molecular complexity index is 560. The highest BCUT2D eigenvalue weighted by atomic mass is 35.5. The molecule has 0 aromatic carbocycles. The molecule has 2 heterocycles. The maximum Gasteiger partial charge on any atom is 0.356 e. The minimum atomic E-state index is -1.02. The lowest BCUT2D eigenvalue weighted by Crippen LogP contribution is -1.97. The van der Waals surface area contributed by atoms with Crippen LogP contribution in [0.25, 0.3) is 5.52 Å². The van der Waals surface area contributed by atoms with Gasteiger partial charge in [-0.2, -0.15) is 0 Å². The lowest BCUT2D eigenvalue weighted by atomic mass is 10.2. The number of imidazole rings is 1. The molecule has 0 bridgehead atoms. The maximum atomic E-state index is 11.0. The summed E-state index contributed by atoms with van der Waals surface area (Å²) < 4.78 is 1.73. The molecule has 0 radical (unpaired) electrons. The molecule has 0 aliphatic carbocycles. The van der Waals surface area contributed by atoms with E-state index in [-0.39, 0.29) is 11.6 Å². The van der Waals surface area contributed by atoms with Gasteiger partial charge in [-0.3, -0.25) is 0 Å². The third-order valence-electron chi connectivity index (χ3n) is 2.35. The van der Waals surface area contributed by atoms with Crippen molar-refractivity contribution >= 4 is 23.1 Å². The number of aromatic nitrogens is 2. The molecule has 84 valence electrons. The highest BCUT2D eigenvalue weighted by molar-refractivity contribution is 6.30. The number of carbonyl (C=O) groups is 1. The van der Waals surface area contributed by atoms with E-state index in [1.807, 2.05) is 13.8 Å². The van der Waals surface area contributed by atoms with E-state index in [9.17, 15) is 4.79 Å². The van der Waals surface area contributed by atoms with Crippen molar-refractivity contribution < 1.29 is 9.90 Å². The third kappa shape index (κ3) is 1.65. The number of pyridine rings is 1. The van der Waals surface area contributed by atoms with Crippen LogP contribution in [0.15, 0.2) is 18.3 Å². The summed E-state index contributed by atoms with van der Waals surface area (Å²) >= 11 is 5.89. The Balaban J connectivity index is 2.81. The van der Waals surface area contributed by atoms with Crippen molar-refractivity contribution in [3.63, 3.8) is 0 Å². The van der Waals surface area contributed by atoms with Crippen molar-refractivity contribution in [3.05, 3.63) is 34.9 Å². The Morgan fingerprint density at radius 2 is 2.19 bits per heavy atom. The zero-order valence-corrected chi connectivity index (χ0v) is 9.69. The second kappa shape index (κ2) is 3.79. The van der Waals surface area contributed by atoms with E-state index in [0.717, 1.165) is 0 Å². The van der Waals surface area contributed by atoms with Crippen LogP contribution in [0.3, 0.4) is 0 Å². The number of halogens is 1. The van der Waals surface area contributed by atoms with Crippen LogP contribution < -0.4 is 0 Å². The topological polar surface area (TPSA) is 54.6 Å². The van der Waals surface area contributed by atoms with Crippen molar-refractivity contribution in [2.45, 2.75) is 19.8 Å². The molecule has 16 heavy (non-hydrogen) atoms. The lowest BCUT2D eigenvalue weighted by molar-refractivity contribution is 0.0693. The highest BCUT2D eigenvalue weighted by Gasteiger charge is 2.18. The van der Waals surface area contributed by atoms with Crippen molar-refractivity contribution in [2.24, 2.45) is 0 Å². The maximum absolute atomic E-state index is 11.0. The minimum Gasteiger partial charge on any atom is -0.476 e. The first-order valence-corrected chi connectivity index (χ1v) is 5.29. The van der Waals surface area contributed by atoms with Gasteiger partial charge in [0.1, 0.15) is 5.82 Å². The predicted molar refractivity (Wildman–Crippen MR) is 61.3 cm³/mol. The molecule has 0 aliphatic heterocycles. The zero-order valence-electron chi connectivity index (χ0n) is 8.94. The van der Waals surface area contributed by atoms with E-state index in [1.165, 1.54) is 0 Å². The van der Waals surface area contributed by atoms with Crippen molar-refractivity contribution in [1.29, 1.82) is 0 Å². The molecule has 0 amide bonds. The largest absolute Gasteiger partial charge is 0.476 e. The number of carboxylic acids is 1. The minimum absolute atomic E-state index is 0.0698. The summed E-state index contributed by atoms with van der Waals surface area (Å²) in [5.41, 5.74) is 0.640. The predicted octanol–water partition coefficient (Wildman–Crippen LogP) is 2.81. The Hall–Kier alpha value is -1.55. The van der Waals surface area contributed by atoms with E-state index in [1.54, 1.807) is 22.7 Å². The van der Waals surface area contributed by atoms with E-state index in [2.05, 4.69) is 4.98 Å². The summed E-state index contributed by atoms with van der Waals surface area (Å²) in [5, 5.41) is 9.60. The quantitative estimate of drug-likeness (QED) is 0.875. The van der Waals surface area contributed by atoms with Crippen LogP contribution in [0.4, 0.5) is 0 Å². The van der Waals surface area contributed by atoms with Gasteiger partial charge < -0.3 is 9.51 Å². The summed E-state index contributed by atoms with van der Waals surface area (Å²) in [6.07, 6.45) is 1.69. The molecule has 2 aromatic rings. The molecule has 0 atom stereocenters. The van der Waals surface area contributed by atoms with Crippen molar-refractivity contribution in [1.82, 2.24) is 9.38 Å². The standard InChI is InChI=1S/C11H11ClN2O2/c1-6(2)10-13-9(11(15)16)8-4-3-7(12)5-14(8)10/h3-6H,1-2H3,(H,15,16).